The largest absolute Gasteiger partial charge is 0.236 e. The Labute approximate surface area is 165 Å². The molecule has 0 saturated heterocycles. The van der Waals surface area contributed by atoms with Crippen LogP contribution in [0.3, 0.4) is 0 Å². The van der Waals surface area contributed by atoms with Gasteiger partial charge in [-0.1, -0.05) is 89.5 Å². The van der Waals surface area contributed by atoms with Crippen LogP contribution in [0.15, 0.2) is 30.5 Å². The Morgan fingerprint density at radius 1 is 0.926 bits per heavy atom. The SMILES string of the molecule is CCCCCCCCCC1CCc2nc(-c3ccc(CC)cc3)ncc2C1. The van der Waals surface area contributed by atoms with E-state index in [0.717, 1.165) is 30.1 Å². The lowest BCUT2D eigenvalue weighted by Gasteiger charge is -2.24. The Morgan fingerprint density at radius 2 is 1.67 bits per heavy atom. The smallest absolute Gasteiger partial charge is 0.159 e. The summed E-state index contributed by atoms with van der Waals surface area (Å²) in [5.74, 6) is 1.73. The van der Waals surface area contributed by atoms with Gasteiger partial charge in [0, 0.05) is 17.5 Å². The molecule has 1 unspecified atom stereocenters. The lowest BCUT2D eigenvalue weighted by atomic mass is 9.84. The number of aryl methyl sites for hydroxylation is 2. The van der Waals surface area contributed by atoms with Gasteiger partial charge < -0.3 is 0 Å². The molecule has 0 bridgehead atoms. The third-order valence-electron chi connectivity index (χ3n) is 6.09. The third-order valence-corrected chi connectivity index (χ3v) is 6.09. The summed E-state index contributed by atoms with van der Waals surface area (Å²) in [5.41, 5.74) is 5.18. The van der Waals surface area contributed by atoms with Crippen molar-refractivity contribution in [2.24, 2.45) is 5.92 Å². The normalized spacial score (nSPS) is 16.3. The highest BCUT2D eigenvalue weighted by atomic mass is 14.9. The molecule has 1 heterocycles. The topological polar surface area (TPSA) is 25.8 Å². The Kier molecular flexibility index (Phi) is 7.86. The molecule has 0 radical (unpaired) electrons. The van der Waals surface area contributed by atoms with E-state index in [2.05, 4.69) is 49.3 Å². The second-order valence-corrected chi connectivity index (χ2v) is 8.23. The van der Waals surface area contributed by atoms with Crippen LogP contribution in [0.25, 0.3) is 11.4 Å². The Bertz CT molecular complexity index is 690. The predicted molar refractivity (Wildman–Crippen MR) is 115 cm³/mol. The van der Waals surface area contributed by atoms with Gasteiger partial charge in [0.15, 0.2) is 5.82 Å². The molecule has 1 aliphatic rings. The molecular weight excluding hydrogens is 328 g/mol. The summed E-state index contributed by atoms with van der Waals surface area (Å²) < 4.78 is 0. The number of hydrogen-bond donors (Lipinski definition) is 0. The highest BCUT2D eigenvalue weighted by Gasteiger charge is 2.20. The van der Waals surface area contributed by atoms with Crippen LogP contribution in [-0.2, 0) is 19.3 Å². The first-order valence-corrected chi connectivity index (χ1v) is 11.2. The van der Waals surface area contributed by atoms with Crippen LogP contribution in [0.2, 0.25) is 0 Å². The monoisotopic (exact) mass is 364 g/mol. The molecule has 0 amide bonds. The highest BCUT2D eigenvalue weighted by Crippen LogP contribution is 2.29. The second-order valence-electron chi connectivity index (χ2n) is 8.23. The molecule has 1 aliphatic carbocycles. The molecule has 0 N–H and O–H groups in total. The van der Waals surface area contributed by atoms with Crippen LogP contribution in [0.5, 0.6) is 0 Å². The van der Waals surface area contributed by atoms with Gasteiger partial charge in [0.25, 0.3) is 0 Å². The number of unbranched alkanes of at least 4 members (excludes halogenated alkanes) is 6. The van der Waals surface area contributed by atoms with Crippen molar-refractivity contribution >= 4 is 0 Å². The van der Waals surface area contributed by atoms with Gasteiger partial charge >= 0.3 is 0 Å². The van der Waals surface area contributed by atoms with E-state index in [1.165, 1.54) is 81.0 Å². The first-order valence-electron chi connectivity index (χ1n) is 11.2. The van der Waals surface area contributed by atoms with Gasteiger partial charge in [-0.15, -0.1) is 0 Å². The Morgan fingerprint density at radius 3 is 2.41 bits per heavy atom. The standard InChI is InChI=1S/C25H36N2/c1-3-5-6-7-8-9-10-11-21-14-17-24-23(18-21)19-26-25(27-24)22-15-12-20(4-2)13-16-22/h12-13,15-16,19,21H,3-11,14,17-18H2,1-2H3. The van der Waals surface area contributed by atoms with Gasteiger partial charge in [-0.05, 0) is 42.7 Å². The molecule has 27 heavy (non-hydrogen) atoms. The summed E-state index contributed by atoms with van der Waals surface area (Å²) in [6.45, 7) is 4.48. The first kappa shape index (κ1) is 20.0. The number of fused-ring (bicyclic) bond motifs is 1. The zero-order valence-electron chi connectivity index (χ0n) is 17.3. The van der Waals surface area contributed by atoms with Crippen molar-refractivity contribution in [3.05, 3.63) is 47.3 Å². The Balaban J connectivity index is 1.48. The van der Waals surface area contributed by atoms with Gasteiger partial charge in [0.05, 0.1) is 0 Å². The van der Waals surface area contributed by atoms with Crippen LogP contribution < -0.4 is 0 Å². The average molecular weight is 365 g/mol. The molecule has 0 saturated carbocycles. The molecule has 1 atom stereocenters. The van der Waals surface area contributed by atoms with Crippen molar-refractivity contribution in [3.63, 3.8) is 0 Å². The Hall–Kier alpha value is -1.70. The zero-order chi connectivity index (χ0) is 18.9. The van der Waals surface area contributed by atoms with Crippen molar-refractivity contribution < 1.29 is 0 Å². The molecule has 1 aromatic carbocycles. The summed E-state index contributed by atoms with van der Waals surface area (Å²) >= 11 is 0. The average Bonchev–Trinajstić information content (AvgIpc) is 2.72. The van der Waals surface area contributed by atoms with E-state index >= 15 is 0 Å². The summed E-state index contributed by atoms with van der Waals surface area (Å²) in [6, 6.07) is 8.70. The lowest BCUT2D eigenvalue weighted by Crippen LogP contribution is -2.16. The van der Waals surface area contributed by atoms with E-state index in [4.69, 9.17) is 4.98 Å². The minimum absolute atomic E-state index is 0.839. The fourth-order valence-electron chi connectivity index (χ4n) is 4.25. The number of hydrogen-bond acceptors (Lipinski definition) is 2. The van der Waals surface area contributed by atoms with Crippen LogP contribution in [0.4, 0.5) is 0 Å². The summed E-state index contributed by atoms with van der Waals surface area (Å²) in [6.07, 6.45) is 18.0. The van der Waals surface area contributed by atoms with E-state index in [0.29, 0.717) is 0 Å². The van der Waals surface area contributed by atoms with E-state index in [9.17, 15) is 0 Å². The predicted octanol–water partition coefficient (Wildman–Crippen LogP) is 6.95. The van der Waals surface area contributed by atoms with Gasteiger partial charge in [-0.2, -0.15) is 0 Å². The molecular formula is C25H36N2. The third kappa shape index (κ3) is 5.89. The molecule has 0 spiro atoms. The van der Waals surface area contributed by atoms with E-state index in [1.54, 1.807) is 0 Å². The second kappa shape index (κ2) is 10.6. The molecule has 3 rings (SSSR count). The minimum Gasteiger partial charge on any atom is -0.236 e. The molecule has 0 aliphatic heterocycles. The molecule has 2 nitrogen and oxygen atoms in total. The maximum atomic E-state index is 4.90. The summed E-state index contributed by atoms with van der Waals surface area (Å²) in [7, 11) is 0. The van der Waals surface area contributed by atoms with E-state index in [-0.39, 0.29) is 0 Å². The van der Waals surface area contributed by atoms with Crippen LogP contribution in [0.1, 0.15) is 88.5 Å². The van der Waals surface area contributed by atoms with Crippen LogP contribution in [0, 0.1) is 5.92 Å². The minimum atomic E-state index is 0.839. The molecule has 1 aromatic heterocycles. The maximum Gasteiger partial charge on any atom is 0.159 e. The van der Waals surface area contributed by atoms with Crippen molar-refractivity contribution in [2.75, 3.05) is 0 Å². The maximum absolute atomic E-state index is 4.90. The van der Waals surface area contributed by atoms with Crippen molar-refractivity contribution in [1.29, 1.82) is 0 Å². The summed E-state index contributed by atoms with van der Waals surface area (Å²) in [4.78, 5) is 9.58. The van der Waals surface area contributed by atoms with Crippen LogP contribution >= 0.6 is 0 Å². The number of rotatable bonds is 10. The molecule has 0 fully saturated rings. The van der Waals surface area contributed by atoms with Crippen molar-refractivity contribution in [3.8, 4) is 11.4 Å². The highest BCUT2D eigenvalue weighted by molar-refractivity contribution is 5.55. The van der Waals surface area contributed by atoms with Crippen LogP contribution in [-0.4, -0.2) is 9.97 Å². The summed E-state index contributed by atoms with van der Waals surface area (Å²) in [5, 5.41) is 0. The number of benzene rings is 1. The fraction of sp³-hybridized carbons (Fsp3) is 0.600. The molecule has 2 aromatic rings. The molecule has 2 heteroatoms. The number of aromatic nitrogens is 2. The fourth-order valence-corrected chi connectivity index (χ4v) is 4.25. The lowest BCUT2D eigenvalue weighted by molar-refractivity contribution is 0.399. The van der Waals surface area contributed by atoms with Gasteiger partial charge in [0.1, 0.15) is 0 Å². The van der Waals surface area contributed by atoms with Gasteiger partial charge in [-0.3, -0.25) is 0 Å². The first-order chi connectivity index (χ1) is 13.3. The van der Waals surface area contributed by atoms with E-state index < -0.39 is 0 Å². The van der Waals surface area contributed by atoms with Gasteiger partial charge in [-0.25, -0.2) is 9.97 Å². The van der Waals surface area contributed by atoms with Crippen molar-refractivity contribution in [2.45, 2.75) is 90.9 Å². The zero-order valence-corrected chi connectivity index (χ0v) is 17.3. The van der Waals surface area contributed by atoms with E-state index in [1.807, 2.05) is 0 Å². The molecule has 146 valence electrons. The number of nitrogens with zero attached hydrogens (tertiary/aromatic N) is 2. The van der Waals surface area contributed by atoms with Crippen molar-refractivity contribution in [1.82, 2.24) is 9.97 Å². The van der Waals surface area contributed by atoms with Gasteiger partial charge in [0.2, 0.25) is 0 Å². The quantitative estimate of drug-likeness (QED) is 0.426.